The van der Waals surface area contributed by atoms with Gasteiger partial charge in [0, 0.05) is 6.42 Å². The molecule has 0 aliphatic rings. The minimum atomic E-state index is -0.349. The standard InChI is InChI=1S/C16H17N5O3/c1-24-12(22)8-7-11-18-14(17)13-15(19-11)21(16(23)20-13)9-10-5-3-2-4-6-10/h2-6H,7-9H2,1H3,(H,20,23)(H2,17,18,19). The smallest absolute Gasteiger partial charge is 0.305 e. The summed E-state index contributed by atoms with van der Waals surface area (Å²) >= 11 is 0. The molecule has 0 saturated heterocycles. The van der Waals surface area contributed by atoms with Crippen LogP contribution < -0.4 is 5.73 Å². The van der Waals surface area contributed by atoms with Crippen LogP contribution >= 0.6 is 0 Å². The number of imidazole rings is 1. The van der Waals surface area contributed by atoms with Gasteiger partial charge in [0.2, 0.25) is 0 Å². The van der Waals surface area contributed by atoms with Crippen molar-refractivity contribution in [1.29, 1.82) is 0 Å². The van der Waals surface area contributed by atoms with Crippen molar-refractivity contribution in [2.45, 2.75) is 19.4 Å². The van der Waals surface area contributed by atoms with Gasteiger partial charge in [-0.15, -0.1) is 0 Å². The number of ether oxygens (including phenoxy) is 1. The van der Waals surface area contributed by atoms with Crippen LogP contribution in [0, 0.1) is 0 Å². The second-order valence-electron chi connectivity index (χ2n) is 5.26. The van der Waals surface area contributed by atoms with E-state index in [4.69, 9.17) is 5.73 Å². The fourth-order valence-electron chi connectivity index (χ4n) is 2.40. The van der Waals surface area contributed by atoms with E-state index in [2.05, 4.69) is 19.7 Å². The molecule has 3 aromatic rings. The molecule has 0 fully saturated rings. The molecule has 3 rings (SSSR count). The monoisotopic (exact) mass is 327 g/mol. The van der Waals surface area contributed by atoms with Crippen molar-refractivity contribution in [2.75, 3.05) is 12.8 Å². The van der Waals surface area contributed by atoms with E-state index in [0.29, 0.717) is 30.0 Å². The number of aromatic hydroxyl groups is 1. The van der Waals surface area contributed by atoms with Crippen molar-refractivity contribution >= 4 is 23.0 Å². The van der Waals surface area contributed by atoms with Gasteiger partial charge in [-0.3, -0.25) is 9.36 Å². The molecule has 0 saturated carbocycles. The predicted molar refractivity (Wildman–Crippen MR) is 87.3 cm³/mol. The van der Waals surface area contributed by atoms with Crippen molar-refractivity contribution in [1.82, 2.24) is 19.5 Å². The predicted octanol–water partition coefficient (Wildman–Crippen LogP) is 1.27. The molecule has 0 unspecified atom stereocenters. The molecule has 2 heterocycles. The molecular formula is C16H17N5O3. The summed E-state index contributed by atoms with van der Waals surface area (Å²) in [7, 11) is 1.33. The first-order valence-electron chi connectivity index (χ1n) is 7.41. The molecule has 0 bridgehead atoms. The third kappa shape index (κ3) is 3.12. The maximum absolute atomic E-state index is 11.3. The van der Waals surface area contributed by atoms with E-state index in [0.717, 1.165) is 5.56 Å². The Morgan fingerprint density at radius 2 is 2.00 bits per heavy atom. The number of benzene rings is 1. The van der Waals surface area contributed by atoms with Gasteiger partial charge in [-0.25, -0.2) is 9.97 Å². The summed E-state index contributed by atoms with van der Waals surface area (Å²) in [6.45, 7) is 0.399. The number of hydrogen-bond donors (Lipinski definition) is 2. The number of nitrogen functional groups attached to an aromatic ring is 1. The molecule has 8 heteroatoms. The van der Waals surface area contributed by atoms with Gasteiger partial charge in [-0.05, 0) is 5.56 Å². The van der Waals surface area contributed by atoms with Crippen molar-refractivity contribution in [3.8, 4) is 6.01 Å². The van der Waals surface area contributed by atoms with Crippen LogP contribution in [0.5, 0.6) is 6.01 Å². The van der Waals surface area contributed by atoms with E-state index in [1.165, 1.54) is 7.11 Å². The maximum Gasteiger partial charge on any atom is 0.305 e. The summed E-state index contributed by atoms with van der Waals surface area (Å²) < 4.78 is 6.17. The number of hydrogen-bond acceptors (Lipinski definition) is 7. The average molecular weight is 327 g/mol. The summed E-state index contributed by atoms with van der Waals surface area (Å²) in [6, 6.07) is 9.44. The number of aromatic nitrogens is 4. The number of aryl methyl sites for hydroxylation is 1. The summed E-state index contributed by atoms with van der Waals surface area (Å²) in [4.78, 5) is 23.9. The molecule has 0 radical (unpaired) electrons. The Bertz CT molecular complexity index is 876. The van der Waals surface area contributed by atoms with Gasteiger partial charge in [0.25, 0.3) is 6.01 Å². The van der Waals surface area contributed by atoms with E-state index in [9.17, 15) is 9.90 Å². The lowest BCUT2D eigenvalue weighted by Gasteiger charge is -2.06. The Morgan fingerprint density at radius 1 is 1.25 bits per heavy atom. The molecule has 124 valence electrons. The Labute approximate surface area is 137 Å². The number of carbonyl (C=O) groups is 1. The van der Waals surface area contributed by atoms with Crippen molar-refractivity contribution in [3.63, 3.8) is 0 Å². The number of nitrogens with zero attached hydrogens (tertiary/aromatic N) is 4. The lowest BCUT2D eigenvalue weighted by atomic mass is 10.2. The molecule has 0 spiro atoms. The van der Waals surface area contributed by atoms with Crippen LogP contribution in [-0.2, 0) is 22.5 Å². The number of carbonyl (C=O) groups excluding carboxylic acids is 1. The number of methoxy groups -OCH3 is 1. The Kier molecular flexibility index (Phi) is 4.28. The van der Waals surface area contributed by atoms with Crippen molar-refractivity contribution in [3.05, 3.63) is 41.7 Å². The van der Waals surface area contributed by atoms with E-state index < -0.39 is 0 Å². The van der Waals surface area contributed by atoms with E-state index in [-0.39, 0.29) is 24.2 Å². The van der Waals surface area contributed by atoms with Crippen LogP contribution in [-0.4, -0.2) is 37.7 Å². The largest absolute Gasteiger partial charge is 0.480 e. The first-order valence-corrected chi connectivity index (χ1v) is 7.41. The summed E-state index contributed by atoms with van der Waals surface area (Å²) in [5, 5.41) is 10.1. The van der Waals surface area contributed by atoms with Gasteiger partial charge in [0.15, 0.2) is 17.0 Å². The highest BCUT2D eigenvalue weighted by molar-refractivity contribution is 5.83. The zero-order valence-electron chi connectivity index (χ0n) is 13.1. The summed E-state index contributed by atoms with van der Waals surface area (Å²) in [5.41, 5.74) is 7.68. The van der Waals surface area contributed by atoms with Gasteiger partial charge < -0.3 is 15.6 Å². The quantitative estimate of drug-likeness (QED) is 0.678. The average Bonchev–Trinajstić information content (AvgIpc) is 2.90. The normalized spacial score (nSPS) is 10.9. The van der Waals surface area contributed by atoms with E-state index in [1.807, 2.05) is 30.3 Å². The van der Waals surface area contributed by atoms with Crippen LogP contribution in [0.1, 0.15) is 17.8 Å². The topological polar surface area (TPSA) is 116 Å². The SMILES string of the molecule is COC(=O)CCc1nc(N)c2nc(O)n(Cc3ccccc3)c2n1. The minimum Gasteiger partial charge on any atom is -0.480 e. The molecule has 0 aliphatic carbocycles. The van der Waals surface area contributed by atoms with Gasteiger partial charge in [-0.1, -0.05) is 30.3 Å². The first-order chi connectivity index (χ1) is 11.6. The fourth-order valence-corrected chi connectivity index (χ4v) is 2.40. The van der Waals surface area contributed by atoms with Gasteiger partial charge in [-0.2, -0.15) is 4.98 Å². The van der Waals surface area contributed by atoms with Gasteiger partial charge in [0.05, 0.1) is 20.1 Å². The second-order valence-corrected chi connectivity index (χ2v) is 5.26. The maximum atomic E-state index is 11.3. The molecule has 24 heavy (non-hydrogen) atoms. The number of fused-ring (bicyclic) bond motifs is 1. The van der Waals surface area contributed by atoms with Crippen LogP contribution in [0.4, 0.5) is 5.82 Å². The molecule has 0 amide bonds. The van der Waals surface area contributed by atoms with E-state index >= 15 is 0 Å². The molecule has 8 nitrogen and oxygen atoms in total. The zero-order chi connectivity index (χ0) is 17.1. The fraction of sp³-hybridized carbons (Fsp3) is 0.250. The van der Waals surface area contributed by atoms with E-state index in [1.54, 1.807) is 4.57 Å². The van der Waals surface area contributed by atoms with Crippen molar-refractivity contribution < 1.29 is 14.6 Å². The number of rotatable bonds is 5. The Hall–Kier alpha value is -3.16. The Morgan fingerprint density at radius 3 is 2.71 bits per heavy atom. The highest BCUT2D eigenvalue weighted by Gasteiger charge is 2.17. The minimum absolute atomic E-state index is 0.153. The molecule has 0 aliphatic heterocycles. The molecule has 2 aromatic heterocycles. The van der Waals surface area contributed by atoms with Gasteiger partial charge in [0.1, 0.15) is 5.82 Å². The van der Waals surface area contributed by atoms with Crippen molar-refractivity contribution in [2.24, 2.45) is 0 Å². The molecule has 0 atom stereocenters. The molecular weight excluding hydrogens is 310 g/mol. The van der Waals surface area contributed by atoms with Crippen LogP contribution in [0.25, 0.3) is 11.2 Å². The number of esters is 1. The number of anilines is 1. The van der Waals surface area contributed by atoms with Crippen LogP contribution in [0.3, 0.4) is 0 Å². The lowest BCUT2D eigenvalue weighted by Crippen LogP contribution is -2.08. The Balaban J connectivity index is 1.98. The summed E-state index contributed by atoms with van der Waals surface area (Å²) in [5.74, 6) is 0.222. The molecule has 3 N–H and O–H groups in total. The lowest BCUT2D eigenvalue weighted by molar-refractivity contribution is -0.140. The summed E-state index contributed by atoms with van der Waals surface area (Å²) in [6.07, 6.45) is 0.449. The van der Waals surface area contributed by atoms with Crippen LogP contribution in [0.2, 0.25) is 0 Å². The second kappa shape index (κ2) is 6.53. The first kappa shape index (κ1) is 15.7. The molecule has 1 aromatic carbocycles. The zero-order valence-corrected chi connectivity index (χ0v) is 13.1. The third-order valence-corrected chi connectivity index (χ3v) is 3.61. The third-order valence-electron chi connectivity index (χ3n) is 3.61. The van der Waals surface area contributed by atoms with Crippen LogP contribution in [0.15, 0.2) is 30.3 Å². The number of nitrogens with two attached hydrogens (primary N) is 1. The highest BCUT2D eigenvalue weighted by atomic mass is 16.5. The highest BCUT2D eigenvalue weighted by Crippen LogP contribution is 2.24. The van der Waals surface area contributed by atoms with Gasteiger partial charge >= 0.3 is 5.97 Å².